The third-order valence-electron chi connectivity index (χ3n) is 3.60. The van der Waals surface area contributed by atoms with Crippen LogP contribution >= 0.6 is 11.6 Å². The Kier molecular flexibility index (Phi) is 8.15. The van der Waals surface area contributed by atoms with Gasteiger partial charge in [0, 0.05) is 5.69 Å². The molecule has 1 N–H and O–H groups in total. The molecule has 0 fully saturated rings. The maximum Gasteiger partial charge on any atom is 0.338 e. The van der Waals surface area contributed by atoms with Gasteiger partial charge in [0.05, 0.1) is 30.4 Å². The highest BCUT2D eigenvalue weighted by atomic mass is 35.5. The maximum atomic E-state index is 12.3. The third-order valence-corrected chi connectivity index (χ3v) is 3.88. The smallest absolute Gasteiger partial charge is 0.338 e. The number of hydrogen-bond donors (Lipinski definition) is 1. The van der Waals surface area contributed by atoms with Crippen molar-refractivity contribution in [2.24, 2.45) is 0 Å². The van der Waals surface area contributed by atoms with Crippen molar-refractivity contribution in [1.29, 1.82) is 0 Å². The Hall–Kier alpha value is -2.93. The molecule has 7 nitrogen and oxygen atoms in total. The van der Waals surface area contributed by atoms with E-state index in [2.05, 4.69) is 5.32 Å². The van der Waals surface area contributed by atoms with Gasteiger partial charge in [-0.15, -0.1) is 0 Å². The van der Waals surface area contributed by atoms with Gasteiger partial charge in [-0.3, -0.25) is 4.79 Å². The van der Waals surface area contributed by atoms with Gasteiger partial charge in [0.2, 0.25) is 0 Å². The molecule has 2 rings (SSSR count). The molecule has 0 heterocycles. The van der Waals surface area contributed by atoms with Crippen LogP contribution in [0.25, 0.3) is 0 Å². The second kappa shape index (κ2) is 10.6. The van der Waals surface area contributed by atoms with Gasteiger partial charge in [0.1, 0.15) is 5.75 Å². The highest BCUT2D eigenvalue weighted by Gasteiger charge is 2.18. The topological polar surface area (TPSA) is 83.1 Å². The second-order valence-corrected chi connectivity index (χ2v) is 6.64. The Morgan fingerprint density at radius 2 is 1.83 bits per heavy atom. The van der Waals surface area contributed by atoms with Crippen molar-refractivity contribution in [1.82, 2.24) is 0 Å². The van der Waals surface area contributed by atoms with Crippen LogP contribution in [-0.2, 0) is 9.53 Å². The van der Waals surface area contributed by atoms with E-state index in [9.17, 15) is 9.59 Å². The number of amides is 1. The first-order chi connectivity index (χ1) is 13.8. The number of anilines is 1. The van der Waals surface area contributed by atoms with Crippen LogP contribution < -0.4 is 19.5 Å². The van der Waals surface area contributed by atoms with Gasteiger partial charge in [0.25, 0.3) is 5.91 Å². The third kappa shape index (κ3) is 6.57. The minimum atomic E-state index is -0.705. The summed E-state index contributed by atoms with van der Waals surface area (Å²) in [6.07, 6.45) is -0.120. The zero-order valence-corrected chi connectivity index (χ0v) is 17.5. The lowest BCUT2D eigenvalue weighted by Gasteiger charge is -2.16. The number of carbonyl (C=O) groups excluding carboxylic acids is 2. The summed E-state index contributed by atoms with van der Waals surface area (Å²) in [4.78, 5) is 24.3. The fourth-order valence-corrected chi connectivity index (χ4v) is 2.66. The van der Waals surface area contributed by atoms with Crippen molar-refractivity contribution in [2.75, 3.05) is 25.6 Å². The van der Waals surface area contributed by atoms with Crippen LogP contribution in [0.5, 0.6) is 17.2 Å². The minimum absolute atomic E-state index is 0.120. The number of benzene rings is 2. The Balaban J connectivity index is 1.97. The van der Waals surface area contributed by atoms with Gasteiger partial charge in [-0.1, -0.05) is 11.6 Å². The van der Waals surface area contributed by atoms with Gasteiger partial charge in [-0.05, 0) is 57.2 Å². The minimum Gasteiger partial charge on any atom is -0.494 e. The van der Waals surface area contributed by atoms with Crippen molar-refractivity contribution in [3.05, 3.63) is 47.0 Å². The molecule has 0 bridgehead atoms. The molecule has 0 spiro atoms. The van der Waals surface area contributed by atoms with E-state index in [4.69, 9.17) is 30.5 Å². The molecule has 0 atom stereocenters. The maximum absolute atomic E-state index is 12.3. The van der Waals surface area contributed by atoms with E-state index < -0.39 is 18.5 Å². The zero-order chi connectivity index (χ0) is 21.4. The van der Waals surface area contributed by atoms with Gasteiger partial charge < -0.3 is 24.3 Å². The van der Waals surface area contributed by atoms with E-state index in [1.807, 2.05) is 20.8 Å². The predicted molar refractivity (Wildman–Crippen MR) is 110 cm³/mol. The molecule has 0 saturated carbocycles. The highest BCUT2D eigenvalue weighted by molar-refractivity contribution is 6.32. The summed E-state index contributed by atoms with van der Waals surface area (Å²) in [5.74, 6) is 0.169. The van der Waals surface area contributed by atoms with E-state index in [0.717, 1.165) is 0 Å². The van der Waals surface area contributed by atoms with E-state index in [-0.39, 0.29) is 16.7 Å². The number of hydrogen-bond acceptors (Lipinski definition) is 6. The molecule has 0 unspecified atom stereocenters. The summed E-state index contributed by atoms with van der Waals surface area (Å²) in [6.45, 7) is 5.69. The Morgan fingerprint density at radius 1 is 1.14 bits per heavy atom. The van der Waals surface area contributed by atoms with Crippen LogP contribution in [0.1, 0.15) is 31.1 Å². The summed E-state index contributed by atoms with van der Waals surface area (Å²) < 4.78 is 21.3. The van der Waals surface area contributed by atoms with Crippen molar-refractivity contribution in [3.63, 3.8) is 0 Å². The Morgan fingerprint density at radius 3 is 2.41 bits per heavy atom. The van der Waals surface area contributed by atoms with Crippen LogP contribution in [0.2, 0.25) is 5.02 Å². The first kappa shape index (κ1) is 22.4. The molecular formula is C21H24ClNO6. The number of carbonyl (C=O) groups is 2. The summed E-state index contributed by atoms with van der Waals surface area (Å²) >= 11 is 6.20. The van der Waals surface area contributed by atoms with E-state index in [1.165, 1.54) is 19.2 Å². The largest absolute Gasteiger partial charge is 0.494 e. The molecule has 156 valence electrons. The standard InChI is InChI=1S/C21H24ClNO6/c1-5-27-16-8-6-15(7-9-16)23-19(24)12-28-21(25)14-10-17(22)20(29-13(2)3)18(11-14)26-4/h6-11,13H,5,12H2,1-4H3,(H,23,24). The number of esters is 1. The SMILES string of the molecule is CCOc1ccc(NC(=O)COC(=O)c2cc(Cl)c(OC(C)C)c(OC)c2)cc1. The summed E-state index contributed by atoms with van der Waals surface area (Å²) in [5.41, 5.74) is 0.714. The molecule has 2 aromatic carbocycles. The normalized spacial score (nSPS) is 10.4. The fraction of sp³-hybridized carbons (Fsp3) is 0.333. The fourth-order valence-electron chi connectivity index (χ4n) is 2.40. The van der Waals surface area contributed by atoms with Crippen molar-refractivity contribution in [2.45, 2.75) is 26.9 Å². The van der Waals surface area contributed by atoms with Crippen molar-refractivity contribution in [3.8, 4) is 17.2 Å². The predicted octanol–water partition coefficient (Wildman–Crippen LogP) is 4.33. The lowest BCUT2D eigenvalue weighted by molar-refractivity contribution is -0.119. The molecule has 2 aromatic rings. The van der Waals surface area contributed by atoms with Crippen molar-refractivity contribution >= 4 is 29.2 Å². The lowest BCUT2D eigenvalue weighted by atomic mass is 10.2. The van der Waals surface area contributed by atoms with Gasteiger partial charge in [-0.2, -0.15) is 0 Å². The molecular weight excluding hydrogens is 398 g/mol. The van der Waals surface area contributed by atoms with Crippen LogP contribution in [-0.4, -0.2) is 38.3 Å². The molecule has 0 aliphatic carbocycles. The number of halogens is 1. The second-order valence-electron chi connectivity index (χ2n) is 6.24. The van der Waals surface area contributed by atoms with Gasteiger partial charge in [-0.25, -0.2) is 4.79 Å². The molecule has 8 heteroatoms. The van der Waals surface area contributed by atoms with Crippen LogP contribution in [0, 0.1) is 0 Å². The monoisotopic (exact) mass is 421 g/mol. The molecule has 0 radical (unpaired) electrons. The molecule has 0 saturated heterocycles. The average Bonchev–Trinajstić information content (AvgIpc) is 2.69. The average molecular weight is 422 g/mol. The summed E-state index contributed by atoms with van der Waals surface area (Å²) in [6, 6.07) is 9.73. The van der Waals surface area contributed by atoms with E-state index in [1.54, 1.807) is 24.3 Å². The molecule has 29 heavy (non-hydrogen) atoms. The van der Waals surface area contributed by atoms with Gasteiger partial charge in [0.15, 0.2) is 18.1 Å². The zero-order valence-electron chi connectivity index (χ0n) is 16.8. The van der Waals surface area contributed by atoms with Crippen LogP contribution in [0.3, 0.4) is 0 Å². The number of nitrogens with one attached hydrogen (secondary N) is 1. The molecule has 0 aromatic heterocycles. The quantitative estimate of drug-likeness (QED) is 0.607. The first-order valence-electron chi connectivity index (χ1n) is 9.08. The molecule has 0 aliphatic heterocycles. The molecule has 0 aliphatic rings. The van der Waals surface area contributed by atoms with E-state index in [0.29, 0.717) is 29.5 Å². The van der Waals surface area contributed by atoms with Gasteiger partial charge >= 0.3 is 5.97 Å². The van der Waals surface area contributed by atoms with Crippen LogP contribution in [0.15, 0.2) is 36.4 Å². The lowest BCUT2D eigenvalue weighted by Crippen LogP contribution is -2.21. The number of methoxy groups -OCH3 is 1. The first-order valence-corrected chi connectivity index (χ1v) is 9.45. The number of rotatable bonds is 9. The Bertz CT molecular complexity index is 851. The molecule has 1 amide bonds. The Labute approximate surface area is 174 Å². The number of ether oxygens (including phenoxy) is 4. The van der Waals surface area contributed by atoms with E-state index >= 15 is 0 Å². The van der Waals surface area contributed by atoms with Crippen molar-refractivity contribution < 1.29 is 28.5 Å². The van der Waals surface area contributed by atoms with Crippen LogP contribution in [0.4, 0.5) is 5.69 Å². The summed E-state index contributed by atoms with van der Waals surface area (Å²) in [5, 5.41) is 2.85. The highest BCUT2D eigenvalue weighted by Crippen LogP contribution is 2.37. The summed E-state index contributed by atoms with van der Waals surface area (Å²) in [7, 11) is 1.44.